The van der Waals surface area contributed by atoms with Crippen molar-refractivity contribution in [1.29, 1.82) is 0 Å². The van der Waals surface area contributed by atoms with E-state index < -0.39 is 6.10 Å². The van der Waals surface area contributed by atoms with E-state index in [1.54, 1.807) is 0 Å². The Morgan fingerprint density at radius 2 is 2.14 bits per heavy atom. The molecule has 0 aliphatic heterocycles. The Hall–Kier alpha value is -1.33. The molecular weight excluding hydrogens is 332 g/mol. The molecule has 0 saturated heterocycles. The molecule has 1 aromatic carbocycles. The Morgan fingerprint density at radius 1 is 1.38 bits per heavy atom. The van der Waals surface area contributed by atoms with Crippen LogP contribution in [0.2, 0.25) is 0 Å². The molecule has 1 N–H and O–H groups in total. The Kier molecular flexibility index (Phi) is 5.42. The number of ether oxygens (including phenoxy) is 1. The minimum atomic E-state index is -0.444. The average molecular weight is 353 g/mol. The molecule has 1 heterocycles. The predicted molar refractivity (Wildman–Crippen MR) is 86.6 cm³/mol. The lowest BCUT2D eigenvalue weighted by Gasteiger charge is -2.12. The Labute approximate surface area is 133 Å². The van der Waals surface area contributed by atoms with Gasteiger partial charge in [0.2, 0.25) is 0 Å². The van der Waals surface area contributed by atoms with E-state index in [4.69, 9.17) is 4.74 Å². The van der Waals surface area contributed by atoms with Crippen LogP contribution < -0.4 is 4.74 Å². The molecule has 0 radical (unpaired) electrons. The number of hydrogen-bond acceptors (Lipinski definition) is 3. The number of halogens is 1. The van der Waals surface area contributed by atoms with E-state index in [1.807, 2.05) is 49.8 Å². The van der Waals surface area contributed by atoms with E-state index in [2.05, 4.69) is 21.0 Å². The number of hydrogen-bond donors (Lipinski definition) is 1. The largest absolute Gasteiger partial charge is 0.493 e. The maximum atomic E-state index is 10.2. The van der Waals surface area contributed by atoms with Crippen molar-refractivity contribution < 1.29 is 9.84 Å². The lowest BCUT2D eigenvalue weighted by Crippen LogP contribution is -2.17. The number of aliphatic hydroxyl groups excluding tert-OH is 1. The molecule has 1 atom stereocenters. The van der Waals surface area contributed by atoms with Crippen LogP contribution in [0.25, 0.3) is 0 Å². The van der Waals surface area contributed by atoms with Crippen molar-refractivity contribution in [3.63, 3.8) is 0 Å². The predicted octanol–water partition coefficient (Wildman–Crippen LogP) is 3.17. The zero-order chi connectivity index (χ0) is 15.4. The molecule has 1 unspecified atom stereocenters. The molecule has 21 heavy (non-hydrogen) atoms. The Morgan fingerprint density at radius 3 is 2.76 bits per heavy atom. The molecule has 5 heteroatoms. The first-order valence-corrected chi connectivity index (χ1v) is 7.82. The van der Waals surface area contributed by atoms with E-state index in [9.17, 15) is 5.11 Å². The molecule has 114 valence electrons. The molecule has 0 aliphatic carbocycles. The minimum Gasteiger partial charge on any atom is -0.493 e. The maximum absolute atomic E-state index is 10.2. The van der Waals surface area contributed by atoms with Gasteiger partial charge in [0.15, 0.2) is 0 Å². The number of aryl methyl sites for hydroxylation is 3. The fraction of sp³-hybridized carbons (Fsp3) is 0.438. The smallest absolute Gasteiger partial charge is 0.119 e. The van der Waals surface area contributed by atoms with E-state index in [0.717, 1.165) is 21.6 Å². The average Bonchev–Trinajstić information content (AvgIpc) is 2.65. The third kappa shape index (κ3) is 4.32. The van der Waals surface area contributed by atoms with Crippen molar-refractivity contribution >= 4 is 15.9 Å². The van der Waals surface area contributed by atoms with Crippen molar-refractivity contribution in [2.45, 2.75) is 32.8 Å². The third-order valence-corrected chi connectivity index (χ3v) is 4.43. The van der Waals surface area contributed by atoms with Gasteiger partial charge in [0.1, 0.15) is 5.75 Å². The summed E-state index contributed by atoms with van der Waals surface area (Å²) in [6.07, 6.45) is 0.709. The van der Waals surface area contributed by atoms with Crippen LogP contribution >= 0.6 is 15.9 Å². The fourth-order valence-corrected chi connectivity index (χ4v) is 2.74. The van der Waals surface area contributed by atoms with Gasteiger partial charge in [-0.2, -0.15) is 5.10 Å². The van der Waals surface area contributed by atoms with Gasteiger partial charge in [-0.1, -0.05) is 12.1 Å². The maximum Gasteiger partial charge on any atom is 0.119 e. The van der Waals surface area contributed by atoms with Gasteiger partial charge in [-0.15, -0.1) is 0 Å². The molecule has 0 saturated carbocycles. The first kappa shape index (κ1) is 16.0. The van der Waals surface area contributed by atoms with E-state index in [0.29, 0.717) is 19.4 Å². The summed E-state index contributed by atoms with van der Waals surface area (Å²) < 4.78 is 8.45. The van der Waals surface area contributed by atoms with Gasteiger partial charge in [-0.05, 0) is 47.5 Å². The zero-order valence-electron chi connectivity index (χ0n) is 12.6. The van der Waals surface area contributed by atoms with Crippen molar-refractivity contribution in [2.24, 2.45) is 7.05 Å². The molecule has 0 fully saturated rings. The SMILES string of the molecule is Cc1cccc(OCCC(O)Cc2c(Br)c(C)nn2C)c1. The molecule has 0 amide bonds. The van der Waals surface area contributed by atoms with E-state index in [1.165, 1.54) is 5.56 Å². The summed E-state index contributed by atoms with van der Waals surface area (Å²) in [5, 5.41) is 14.5. The standard InChI is InChI=1S/C16H21BrN2O2/c1-11-5-4-6-14(9-11)21-8-7-13(20)10-15-16(17)12(2)18-19(15)3/h4-6,9,13,20H,7-8,10H2,1-3H3. The van der Waals surface area contributed by atoms with Gasteiger partial charge in [0.25, 0.3) is 0 Å². The summed E-state index contributed by atoms with van der Waals surface area (Å²) >= 11 is 3.52. The first-order chi connectivity index (χ1) is 9.97. The highest BCUT2D eigenvalue weighted by Gasteiger charge is 2.15. The third-order valence-electron chi connectivity index (χ3n) is 3.40. The summed E-state index contributed by atoms with van der Waals surface area (Å²) in [6.45, 7) is 4.48. The number of aromatic nitrogens is 2. The minimum absolute atomic E-state index is 0.444. The molecule has 4 nitrogen and oxygen atoms in total. The van der Waals surface area contributed by atoms with E-state index >= 15 is 0 Å². The van der Waals surface area contributed by atoms with Crippen LogP contribution in [-0.2, 0) is 13.5 Å². The van der Waals surface area contributed by atoms with Crippen LogP contribution in [0, 0.1) is 13.8 Å². The molecular formula is C16H21BrN2O2. The van der Waals surface area contributed by atoms with Crippen LogP contribution in [0.1, 0.15) is 23.4 Å². The van der Waals surface area contributed by atoms with Crippen LogP contribution in [-0.4, -0.2) is 27.6 Å². The van der Waals surface area contributed by atoms with Crippen molar-refractivity contribution in [3.05, 3.63) is 45.7 Å². The van der Waals surface area contributed by atoms with Gasteiger partial charge in [-0.25, -0.2) is 0 Å². The lowest BCUT2D eigenvalue weighted by atomic mass is 10.1. The van der Waals surface area contributed by atoms with Gasteiger partial charge in [0.05, 0.1) is 28.6 Å². The van der Waals surface area contributed by atoms with Gasteiger partial charge < -0.3 is 9.84 Å². The number of nitrogens with zero attached hydrogens (tertiary/aromatic N) is 2. The second kappa shape index (κ2) is 7.09. The van der Waals surface area contributed by atoms with Crippen LogP contribution in [0.15, 0.2) is 28.7 Å². The monoisotopic (exact) mass is 352 g/mol. The Balaban J connectivity index is 1.83. The molecule has 2 aromatic rings. The second-order valence-electron chi connectivity index (χ2n) is 5.28. The van der Waals surface area contributed by atoms with Gasteiger partial charge in [0, 0.05) is 19.9 Å². The zero-order valence-corrected chi connectivity index (χ0v) is 14.2. The van der Waals surface area contributed by atoms with Crippen LogP contribution in [0.5, 0.6) is 5.75 Å². The van der Waals surface area contributed by atoms with Crippen molar-refractivity contribution in [2.75, 3.05) is 6.61 Å². The molecule has 0 aliphatic rings. The Bertz CT molecular complexity index is 610. The summed E-state index contributed by atoms with van der Waals surface area (Å²) in [6, 6.07) is 7.93. The normalized spacial score (nSPS) is 12.4. The molecule has 2 rings (SSSR count). The topological polar surface area (TPSA) is 47.3 Å². The van der Waals surface area contributed by atoms with Gasteiger partial charge >= 0.3 is 0 Å². The molecule has 0 spiro atoms. The van der Waals surface area contributed by atoms with E-state index in [-0.39, 0.29) is 0 Å². The fourth-order valence-electron chi connectivity index (χ4n) is 2.25. The van der Waals surface area contributed by atoms with Gasteiger partial charge in [-0.3, -0.25) is 4.68 Å². The first-order valence-electron chi connectivity index (χ1n) is 7.03. The second-order valence-corrected chi connectivity index (χ2v) is 6.07. The lowest BCUT2D eigenvalue weighted by molar-refractivity contribution is 0.137. The summed E-state index contributed by atoms with van der Waals surface area (Å²) in [5.41, 5.74) is 3.12. The van der Waals surface area contributed by atoms with Crippen molar-refractivity contribution in [1.82, 2.24) is 9.78 Å². The van der Waals surface area contributed by atoms with Crippen LogP contribution in [0.3, 0.4) is 0 Å². The number of aliphatic hydroxyl groups is 1. The summed E-state index contributed by atoms with van der Waals surface area (Å²) in [7, 11) is 1.89. The van der Waals surface area contributed by atoms with Crippen LogP contribution in [0.4, 0.5) is 0 Å². The molecule has 1 aromatic heterocycles. The summed E-state index contributed by atoms with van der Waals surface area (Å²) in [5.74, 6) is 0.847. The highest BCUT2D eigenvalue weighted by atomic mass is 79.9. The summed E-state index contributed by atoms with van der Waals surface area (Å²) in [4.78, 5) is 0. The quantitative estimate of drug-likeness (QED) is 0.868. The van der Waals surface area contributed by atoms with Crippen molar-refractivity contribution in [3.8, 4) is 5.75 Å². The number of benzene rings is 1. The highest BCUT2D eigenvalue weighted by molar-refractivity contribution is 9.10. The molecule has 0 bridgehead atoms. The highest BCUT2D eigenvalue weighted by Crippen LogP contribution is 2.22. The number of rotatable bonds is 6.